The minimum atomic E-state index is -0.398. The van der Waals surface area contributed by atoms with Gasteiger partial charge in [-0.05, 0) is 23.8 Å². The van der Waals surface area contributed by atoms with Gasteiger partial charge in [0.15, 0.2) is 0 Å². The molecule has 2 aliphatic rings. The normalized spacial score (nSPS) is 23.0. The summed E-state index contributed by atoms with van der Waals surface area (Å²) in [6.07, 6.45) is 13.9. The molecule has 1 atom stereocenters. The van der Waals surface area contributed by atoms with Crippen LogP contribution in [0.25, 0.3) is 10.4 Å². The Morgan fingerprint density at radius 3 is 2.10 bits per heavy atom. The number of hydrogen-bond donors (Lipinski definition) is 0. The van der Waals surface area contributed by atoms with Crippen molar-refractivity contribution < 1.29 is 4.79 Å². The van der Waals surface area contributed by atoms with Crippen LogP contribution in [0.1, 0.15) is 77.0 Å². The third-order valence-electron chi connectivity index (χ3n) is 5.06. The Kier molecular flexibility index (Phi) is 6.38. The molecule has 0 heterocycles. The van der Waals surface area contributed by atoms with Crippen molar-refractivity contribution in [3.63, 3.8) is 0 Å². The van der Waals surface area contributed by atoms with E-state index in [4.69, 9.17) is 5.53 Å². The van der Waals surface area contributed by atoms with E-state index >= 15 is 0 Å². The summed E-state index contributed by atoms with van der Waals surface area (Å²) in [6.45, 7) is 0. The topological polar surface area (TPSA) is 65.8 Å². The Morgan fingerprint density at radius 2 is 1.55 bits per heavy atom. The van der Waals surface area contributed by atoms with Gasteiger partial charge in [0.25, 0.3) is 0 Å². The average Bonchev–Trinajstić information content (AvgIpc) is 2.49. The second-order valence-electron chi connectivity index (χ2n) is 6.63. The highest BCUT2D eigenvalue weighted by atomic mass is 16.1. The van der Waals surface area contributed by atoms with Crippen LogP contribution >= 0.6 is 0 Å². The third-order valence-corrected chi connectivity index (χ3v) is 5.06. The fourth-order valence-corrected chi connectivity index (χ4v) is 3.86. The van der Waals surface area contributed by atoms with Crippen LogP contribution in [0.15, 0.2) is 5.11 Å². The molecule has 0 bridgehead atoms. The molecule has 4 nitrogen and oxygen atoms in total. The second kappa shape index (κ2) is 8.31. The van der Waals surface area contributed by atoms with Gasteiger partial charge in [-0.3, -0.25) is 4.79 Å². The van der Waals surface area contributed by atoms with Crippen LogP contribution in [0.3, 0.4) is 0 Å². The summed E-state index contributed by atoms with van der Waals surface area (Å²) in [7, 11) is 0. The molecule has 0 aromatic rings. The predicted molar refractivity (Wildman–Crippen MR) is 80.3 cm³/mol. The third kappa shape index (κ3) is 4.82. The van der Waals surface area contributed by atoms with Gasteiger partial charge in [-0.25, -0.2) is 0 Å². The van der Waals surface area contributed by atoms with Gasteiger partial charge in [0, 0.05) is 11.3 Å². The molecule has 2 saturated carbocycles. The van der Waals surface area contributed by atoms with Crippen LogP contribution in [0, 0.1) is 11.8 Å². The quantitative estimate of drug-likeness (QED) is 0.375. The summed E-state index contributed by atoms with van der Waals surface area (Å²) in [5.74, 6) is 1.33. The van der Waals surface area contributed by atoms with Crippen molar-refractivity contribution in [3.8, 4) is 0 Å². The highest BCUT2D eigenvalue weighted by molar-refractivity contribution is 5.84. The molecule has 2 fully saturated rings. The van der Waals surface area contributed by atoms with E-state index in [1.165, 1.54) is 64.2 Å². The van der Waals surface area contributed by atoms with Gasteiger partial charge in [0.2, 0.25) is 0 Å². The molecule has 112 valence electrons. The summed E-state index contributed by atoms with van der Waals surface area (Å²) in [5.41, 5.74) is 8.73. The zero-order valence-electron chi connectivity index (χ0n) is 12.5. The van der Waals surface area contributed by atoms with E-state index in [9.17, 15) is 4.79 Å². The molecule has 2 rings (SSSR count). The monoisotopic (exact) mass is 277 g/mol. The van der Waals surface area contributed by atoms with E-state index in [-0.39, 0.29) is 5.78 Å². The zero-order valence-corrected chi connectivity index (χ0v) is 12.5. The van der Waals surface area contributed by atoms with Crippen molar-refractivity contribution >= 4 is 5.78 Å². The number of nitrogens with zero attached hydrogens (tertiary/aromatic N) is 3. The number of azide groups is 1. The lowest BCUT2D eigenvalue weighted by atomic mass is 9.81. The van der Waals surface area contributed by atoms with Crippen molar-refractivity contribution in [3.05, 3.63) is 10.4 Å². The van der Waals surface area contributed by atoms with E-state index in [0.29, 0.717) is 18.3 Å². The molecule has 0 amide bonds. The van der Waals surface area contributed by atoms with Crippen molar-refractivity contribution in [1.29, 1.82) is 0 Å². The molecular formula is C16H27N3O. The fraction of sp³-hybridized carbons (Fsp3) is 0.938. The van der Waals surface area contributed by atoms with E-state index in [1.807, 2.05) is 0 Å². The van der Waals surface area contributed by atoms with Crippen molar-refractivity contribution in [2.75, 3.05) is 0 Å². The van der Waals surface area contributed by atoms with Crippen LogP contribution in [0.5, 0.6) is 0 Å². The van der Waals surface area contributed by atoms with Crippen LogP contribution < -0.4 is 0 Å². The molecule has 0 aromatic carbocycles. The average molecular weight is 277 g/mol. The zero-order chi connectivity index (χ0) is 14.2. The van der Waals surface area contributed by atoms with Crippen molar-refractivity contribution in [2.45, 2.75) is 83.1 Å². The molecule has 0 aromatic heterocycles. The number of rotatable bonds is 6. The van der Waals surface area contributed by atoms with Crippen molar-refractivity contribution in [1.82, 2.24) is 0 Å². The van der Waals surface area contributed by atoms with E-state index in [1.54, 1.807) is 0 Å². The minimum Gasteiger partial charge on any atom is -0.299 e. The predicted octanol–water partition coefficient (Wildman–Crippen LogP) is 5.18. The summed E-state index contributed by atoms with van der Waals surface area (Å²) in [5, 5.41) is 3.81. The lowest BCUT2D eigenvalue weighted by Gasteiger charge is -2.25. The Labute approximate surface area is 121 Å². The first kappa shape index (κ1) is 15.4. The number of carbonyl (C=O) groups is 1. The van der Waals surface area contributed by atoms with Gasteiger partial charge >= 0.3 is 0 Å². The van der Waals surface area contributed by atoms with Gasteiger partial charge in [0.1, 0.15) is 5.78 Å². The first-order valence-corrected chi connectivity index (χ1v) is 8.36. The maximum Gasteiger partial charge on any atom is 0.142 e. The van der Waals surface area contributed by atoms with Crippen molar-refractivity contribution in [2.24, 2.45) is 17.0 Å². The minimum absolute atomic E-state index is 0.195. The van der Waals surface area contributed by atoms with E-state index < -0.39 is 6.04 Å². The van der Waals surface area contributed by atoms with Gasteiger partial charge in [-0.1, -0.05) is 69.3 Å². The first-order chi connectivity index (χ1) is 9.79. The maximum absolute atomic E-state index is 12.4. The number of ketones is 1. The lowest BCUT2D eigenvalue weighted by molar-refractivity contribution is -0.121. The molecule has 0 saturated heterocycles. The van der Waals surface area contributed by atoms with E-state index in [2.05, 4.69) is 10.0 Å². The first-order valence-electron chi connectivity index (χ1n) is 8.36. The molecule has 0 aliphatic heterocycles. The highest BCUT2D eigenvalue weighted by Gasteiger charge is 2.26. The Bertz CT molecular complexity index is 351. The number of hydrogen-bond acceptors (Lipinski definition) is 2. The van der Waals surface area contributed by atoms with Gasteiger partial charge in [0.05, 0.1) is 6.04 Å². The molecule has 0 N–H and O–H groups in total. The standard InChI is InChI=1S/C16H27N3O/c17-19-18-15(11-13-7-3-1-4-8-13)16(20)12-14-9-5-2-6-10-14/h13-15H,1-12H2/t15-/m0/s1. The van der Waals surface area contributed by atoms with Crippen LogP contribution in [0.2, 0.25) is 0 Å². The van der Waals surface area contributed by atoms with E-state index in [0.717, 1.165) is 6.42 Å². The summed E-state index contributed by atoms with van der Waals surface area (Å²) in [4.78, 5) is 15.3. The molecule has 0 spiro atoms. The molecular weight excluding hydrogens is 250 g/mol. The Hall–Kier alpha value is -1.02. The Balaban J connectivity index is 1.85. The van der Waals surface area contributed by atoms with Gasteiger partial charge in [-0.2, -0.15) is 0 Å². The second-order valence-corrected chi connectivity index (χ2v) is 6.63. The van der Waals surface area contributed by atoms with Gasteiger partial charge < -0.3 is 0 Å². The van der Waals surface area contributed by atoms with Gasteiger partial charge in [-0.15, -0.1) is 0 Å². The molecule has 0 unspecified atom stereocenters. The maximum atomic E-state index is 12.4. The van der Waals surface area contributed by atoms with Crippen LogP contribution in [0.4, 0.5) is 0 Å². The molecule has 20 heavy (non-hydrogen) atoms. The molecule has 2 aliphatic carbocycles. The number of carbonyl (C=O) groups excluding carboxylic acids is 1. The van der Waals surface area contributed by atoms with Crippen LogP contribution in [-0.2, 0) is 4.79 Å². The summed E-state index contributed by atoms with van der Waals surface area (Å²) < 4.78 is 0. The molecule has 0 radical (unpaired) electrons. The largest absolute Gasteiger partial charge is 0.299 e. The smallest absolute Gasteiger partial charge is 0.142 e. The fourth-order valence-electron chi connectivity index (χ4n) is 3.86. The number of Topliss-reactive ketones (excluding diaryl/α,β-unsaturated/α-hetero) is 1. The summed E-state index contributed by atoms with van der Waals surface area (Å²) in [6, 6.07) is -0.398. The SMILES string of the molecule is [N-]=[N+]=N[C@@H](CC1CCCCC1)C(=O)CC1CCCCC1. The Morgan fingerprint density at radius 1 is 1.00 bits per heavy atom. The summed E-state index contributed by atoms with van der Waals surface area (Å²) >= 11 is 0. The van der Waals surface area contributed by atoms with Crippen LogP contribution in [-0.4, -0.2) is 11.8 Å². The lowest BCUT2D eigenvalue weighted by Crippen LogP contribution is -2.25. The molecule has 4 heteroatoms. The highest BCUT2D eigenvalue weighted by Crippen LogP contribution is 2.31.